The summed E-state index contributed by atoms with van der Waals surface area (Å²) in [4.78, 5) is 5.74. The summed E-state index contributed by atoms with van der Waals surface area (Å²) >= 11 is 0.949. The third-order valence-electron chi connectivity index (χ3n) is 5.39. The van der Waals surface area contributed by atoms with Gasteiger partial charge in [0.25, 0.3) is 0 Å². The number of hydrogen-bond acceptors (Lipinski definition) is 10. The van der Waals surface area contributed by atoms with Crippen LogP contribution in [0.25, 0.3) is 22.2 Å². The number of hydrazone groups is 1. The van der Waals surface area contributed by atoms with Crippen molar-refractivity contribution in [2.45, 2.75) is 15.8 Å². The number of benzene rings is 2. The lowest BCUT2D eigenvalue weighted by molar-refractivity contribution is 0.354. The average Bonchev–Trinajstić information content (AvgIpc) is 3.07. The smallest absolute Gasteiger partial charge is 0.201 e. The normalized spacial score (nSPS) is 15.7. The minimum Gasteiger partial charge on any atom is -0.382 e. The van der Waals surface area contributed by atoms with Gasteiger partial charge in [-0.15, -0.1) is 5.10 Å². The first kappa shape index (κ1) is 22.5. The largest absolute Gasteiger partial charge is 0.382 e. The molecule has 4 rings (SSSR count). The van der Waals surface area contributed by atoms with E-state index in [0.717, 1.165) is 47.2 Å². The first-order valence-electron chi connectivity index (χ1n) is 9.90. The maximum atomic E-state index is 12.8. The van der Waals surface area contributed by atoms with Gasteiger partial charge >= 0.3 is 0 Å². The fraction of sp³-hybridized carbons (Fsp3) is 0.263. The van der Waals surface area contributed by atoms with E-state index in [-0.39, 0.29) is 18.4 Å². The Hall–Kier alpha value is -2.68. The van der Waals surface area contributed by atoms with Crippen LogP contribution in [0.15, 0.2) is 45.2 Å². The second kappa shape index (κ2) is 9.44. The molecule has 0 aliphatic carbocycles. The highest BCUT2D eigenvalue weighted by molar-refractivity contribution is 7.97. The summed E-state index contributed by atoms with van der Waals surface area (Å²) in [7, 11) is -1.35. The standard InChI is InChI=1S/C19H26N10OS2/c20-6-7-32(30)14-5-4-11(15(17(14)31-24)18(21)27-28-23)12-2-1-3-13-16(12)26-19(22)29(13)10-8-25-9-10/h1-5,10,25,28H,6-9,20,23-24H2,(H2,21,27)(H2,22,26). The molecule has 1 aliphatic rings. The Balaban J connectivity index is 1.98. The molecule has 0 spiro atoms. The van der Waals surface area contributed by atoms with Crippen LogP contribution in [0, 0.1) is 0 Å². The molecule has 1 saturated heterocycles. The van der Waals surface area contributed by atoms with Crippen molar-refractivity contribution in [3.8, 4) is 11.1 Å². The molecule has 1 aromatic heterocycles. The Morgan fingerprint density at radius 2 is 2.09 bits per heavy atom. The number of fused-ring (bicyclic) bond motifs is 1. The van der Waals surface area contributed by atoms with E-state index in [1.807, 2.05) is 28.8 Å². The summed E-state index contributed by atoms with van der Waals surface area (Å²) in [6, 6.07) is 9.73. The molecule has 3 aromatic rings. The summed E-state index contributed by atoms with van der Waals surface area (Å²) in [5.74, 6) is 6.24. The molecule has 1 aliphatic heterocycles. The van der Waals surface area contributed by atoms with Crippen molar-refractivity contribution in [3.05, 3.63) is 35.9 Å². The summed E-state index contributed by atoms with van der Waals surface area (Å²) in [5, 5.41) is 13.2. The summed E-state index contributed by atoms with van der Waals surface area (Å²) < 4.78 is 14.8. The lowest BCUT2D eigenvalue weighted by Crippen LogP contribution is -2.43. The van der Waals surface area contributed by atoms with Crippen molar-refractivity contribution >= 4 is 45.6 Å². The molecular weight excluding hydrogens is 448 g/mol. The van der Waals surface area contributed by atoms with Gasteiger partial charge in [-0.05, 0) is 29.6 Å². The van der Waals surface area contributed by atoms with Gasteiger partial charge in [0, 0.05) is 36.5 Å². The molecule has 32 heavy (non-hydrogen) atoms. The zero-order valence-electron chi connectivity index (χ0n) is 17.2. The van der Waals surface area contributed by atoms with Crippen LogP contribution >= 0.6 is 11.9 Å². The van der Waals surface area contributed by atoms with E-state index >= 15 is 0 Å². The fourth-order valence-electron chi connectivity index (χ4n) is 3.87. The van der Waals surface area contributed by atoms with E-state index in [0.29, 0.717) is 27.1 Å². The number of nitrogens with one attached hydrogen (secondary N) is 2. The topological polar surface area (TPSA) is 201 Å². The van der Waals surface area contributed by atoms with Gasteiger partial charge in [0.1, 0.15) is 0 Å². The summed E-state index contributed by atoms with van der Waals surface area (Å²) in [6.45, 7) is 1.95. The van der Waals surface area contributed by atoms with Crippen LogP contribution in [0.2, 0.25) is 0 Å². The Bertz CT molecular complexity index is 1200. The second-order valence-electron chi connectivity index (χ2n) is 7.22. The number of para-hydroxylation sites is 1. The third-order valence-corrected chi connectivity index (χ3v) is 7.62. The third kappa shape index (κ3) is 3.83. The quantitative estimate of drug-likeness (QED) is 0.0736. The first-order chi connectivity index (χ1) is 15.5. The van der Waals surface area contributed by atoms with Gasteiger partial charge in [0.2, 0.25) is 5.95 Å². The number of nitrogens with zero attached hydrogens (tertiary/aromatic N) is 3. The van der Waals surface area contributed by atoms with E-state index < -0.39 is 10.8 Å². The Labute approximate surface area is 191 Å². The Morgan fingerprint density at radius 1 is 1.31 bits per heavy atom. The first-order valence-corrected chi connectivity index (χ1v) is 12.1. The maximum Gasteiger partial charge on any atom is 0.201 e. The van der Waals surface area contributed by atoms with Gasteiger partial charge in [-0.3, -0.25) is 9.35 Å². The number of anilines is 1. The molecule has 13 heteroatoms. The van der Waals surface area contributed by atoms with Crippen molar-refractivity contribution in [1.29, 1.82) is 0 Å². The number of aromatic nitrogens is 2. The summed E-state index contributed by atoms with van der Waals surface area (Å²) in [6.07, 6.45) is 0. The van der Waals surface area contributed by atoms with Crippen molar-refractivity contribution in [2.75, 3.05) is 31.1 Å². The van der Waals surface area contributed by atoms with Gasteiger partial charge in [-0.25, -0.2) is 16.4 Å². The van der Waals surface area contributed by atoms with E-state index in [1.165, 1.54) is 0 Å². The van der Waals surface area contributed by atoms with Crippen LogP contribution in [0.5, 0.6) is 0 Å². The Kier molecular flexibility index (Phi) is 6.64. The summed E-state index contributed by atoms with van der Waals surface area (Å²) in [5.41, 5.74) is 24.1. The lowest BCUT2D eigenvalue weighted by Gasteiger charge is -2.29. The zero-order chi connectivity index (χ0) is 22.8. The molecule has 12 N–H and O–H groups in total. The highest BCUT2D eigenvalue weighted by atomic mass is 32.2. The van der Waals surface area contributed by atoms with Gasteiger partial charge in [0.05, 0.1) is 37.7 Å². The van der Waals surface area contributed by atoms with E-state index in [9.17, 15) is 4.21 Å². The van der Waals surface area contributed by atoms with Crippen molar-refractivity contribution in [1.82, 2.24) is 20.4 Å². The molecule has 170 valence electrons. The van der Waals surface area contributed by atoms with Crippen LogP contribution < -0.4 is 39.0 Å². The van der Waals surface area contributed by atoms with Crippen LogP contribution in [0.3, 0.4) is 0 Å². The molecule has 0 amide bonds. The number of rotatable bonds is 8. The number of amidine groups is 1. The molecule has 2 heterocycles. The number of nitrogen functional groups attached to an aromatic ring is 1. The van der Waals surface area contributed by atoms with Crippen LogP contribution in [0.4, 0.5) is 5.95 Å². The lowest BCUT2D eigenvalue weighted by atomic mass is 9.97. The fourth-order valence-corrected chi connectivity index (χ4v) is 5.78. The number of imidazole rings is 1. The molecule has 1 unspecified atom stereocenters. The number of nitrogens with two attached hydrogens (primary N) is 5. The van der Waals surface area contributed by atoms with Gasteiger partial charge < -0.3 is 27.1 Å². The molecule has 1 fully saturated rings. The van der Waals surface area contributed by atoms with E-state index in [2.05, 4.69) is 20.9 Å². The van der Waals surface area contributed by atoms with Crippen LogP contribution in [-0.2, 0) is 10.8 Å². The van der Waals surface area contributed by atoms with Crippen LogP contribution in [-0.4, -0.2) is 45.0 Å². The predicted molar refractivity (Wildman–Crippen MR) is 130 cm³/mol. The van der Waals surface area contributed by atoms with Crippen LogP contribution in [0.1, 0.15) is 11.6 Å². The monoisotopic (exact) mass is 474 g/mol. The molecule has 0 bridgehead atoms. The maximum absolute atomic E-state index is 12.8. The predicted octanol–water partition coefficient (Wildman–Crippen LogP) is -0.454. The van der Waals surface area contributed by atoms with Gasteiger partial charge in [-0.2, -0.15) is 0 Å². The molecule has 11 nitrogen and oxygen atoms in total. The molecular formula is C19H26N10OS2. The molecule has 2 aromatic carbocycles. The van der Waals surface area contributed by atoms with E-state index in [4.69, 9.17) is 28.2 Å². The number of hydrogen-bond donors (Lipinski definition) is 7. The minimum absolute atomic E-state index is 0.106. The highest BCUT2D eigenvalue weighted by Gasteiger charge is 2.26. The van der Waals surface area contributed by atoms with Gasteiger partial charge in [-0.1, -0.05) is 18.2 Å². The minimum atomic E-state index is -1.35. The molecule has 1 atom stereocenters. The average molecular weight is 475 g/mol. The van der Waals surface area contributed by atoms with Crippen molar-refractivity contribution in [3.63, 3.8) is 0 Å². The van der Waals surface area contributed by atoms with Gasteiger partial charge in [0.15, 0.2) is 5.84 Å². The molecule has 0 radical (unpaired) electrons. The highest BCUT2D eigenvalue weighted by Crippen LogP contribution is 2.38. The number of hydrazine groups is 1. The Morgan fingerprint density at radius 3 is 2.72 bits per heavy atom. The van der Waals surface area contributed by atoms with Crippen molar-refractivity contribution < 1.29 is 4.21 Å². The second-order valence-corrected chi connectivity index (χ2v) is 9.41. The molecule has 0 saturated carbocycles. The van der Waals surface area contributed by atoms with Crippen molar-refractivity contribution in [2.24, 2.45) is 27.6 Å². The SMILES string of the molecule is NCCS(=O)c1ccc(-c2cccc3c2nc(N)n3C2CNC2)c(/C(N)=N/NN)c1SN. The zero-order valence-corrected chi connectivity index (χ0v) is 18.9. The van der Waals surface area contributed by atoms with E-state index in [1.54, 1.807) is 6.07 Å².